The Morgan fingerprint density at radius 1 is 0.875 bits per heavy atom. The van der Waals surface area contributed by atoms with E-state index in [1.807, 2.05) is 61.5 Å². The van der Waals surface area contributed by atoms with Crippen molar-refractivity contribution in [3.63, 3.8) is 0 Å². The number of rotatable bonds is 2. The largest absolute Gasteiger partial charge is 0.364 e. The van der Waals surface area contributed by atoms with Gasteiger partial charge in [0.1, 0.15) is 0 Å². The van der Waals surface area contributed by atoms with Crippen LogP contribution in [0.2, 0.25) is 0 Å². The van der Waals surface area contributed by atoms with Crippen LogP contribution in [0.15, 0.2) is 54.6 Å². The molecule has 0 aliphatic carbocycles. The van der Waals surface area contributed by atoms with Gasteiger partial charge >= 0.3 is 0 Å². The molecule has 3 heteroatoms. The van der Waals surface area contributed by atoms with Gasteiger partial charge in [-0.3, -0.25) is 0 Å². The molecule has 0 fully saturated rings. The molecule has 0 spiro atoms. The van der Waals surface area contributed by atoms with Crippen molar-refractivity contribution in [3.8, 4) is 0 Å². The summed E-state index contributed by atoms with van der Waals surface area (Å²) in [4.78, 5) is 10.2. The Morgan fingerprint density at radius 3 is 2.06 bits per heavy atom. The zero-order chi connectivity index (χ0) is 10.7. The monoisotopic (exact) mass is 230 g/mol. The van der Waals surface area contributed by atoms with Crippen molar-refractivity contribution in [2.24, 2.45) is 0 Å². The Hall–Kier alpha value is -1.11. The molecule has 0 aliphatic heterocycles. The average molecular weight is 230 g/mol. The lowest BCUT2D eigenvalue weighted by molar-refractivity contribution is 0.644. The van der Waals surface area contributed by atoms with Gasteiger partial charge < -0.3 is 4.89 Å². The van der Waals surface area contributed by atoms with Crippen molar-refractivity contribution in [1.82, 2.24) is 0 Å². The first-order valence-electron chi connectivity index (χ1n) is 4.89. The lowest BCUT2D eigenvalue weighted by Crippen LogP contribution is -2.13. The van der Waals surface area contributed by atoms with Crippen LogP contribution in [-0.2, 0) is 0 Å². The molecule has 1 N–H and O–H groups in total. The van der Waals surface area contributed by atoms with Gasteiger partial charge in [0.2, 0.25) is 0 Å². The molecule has 1 nitrogen and oxygen atoms in total. The first-order chi connectivity index (χ1) is 7.29. The minimum Gasteiger partial charge on any atom is -0.364 e. The van der Waals surface area contributed by atoms with Crippen LogP contribution in [0.25, 0.3) is 0 Å². The fraction of sp³-hybridized carbons (Fsp3) is 0.0769. The van der Waals surface area contributed by atoms with Gasteiger partial charge in [0.05, 0.1) is 16.6 Å². The number of aryl methyl sites for hydroxylation is 1. The summed E-state index contributed by atoms with van der Waals surface area (Å²) in [6.07, 6.45) is 0. The standard InChI is InChI=1S/C13H13OP.BH3/c1-11-7-5-6-10-13(11)15(14)12-8-3-2-4-9-12;/h2-10,14H,1H3;1H3. The number of benzene rings is 2. The van der Waals surface area contributed by atoms with Gasteiger partial charge in [-0.25, -0.2) is 0 Å². The topological polar surface area (TPSA) is 20.2 Å². The Kier molecular flexibility index (Phi) is 4.73. The van der Waals surface area contributed by atoms with Crippen molar-refractivity contribution in [3.05, 3.63) is 60.2 Å². The van der Waals surface area contributed by atoms with Crippen LogP contribution in [0.3, 0.4) is 0 Å². The third-order valence-electron chi connectivity index (χ3n) is 2.34. The second-order valence-electron chi connectivity index (χ2n) is 3.43. The Balaban J connectivity index is 0.00000128. The van der Waals surface area contributed by atoms with Crippen molar-refractivity contribution in [2.75, 3.05) is 0 Å². The second kappa shape index (κ2) is 5.84. The van der Waals surface area contributed by atoms with Crippen molar-refractivity contribution < 1.29 is 4.89 Å². The van der Waals surface area contributed by atoms with E-state index in [-0.39, 0.29) is 8.41 Å². The van der Waals surface area contributed by atoms with E-state index in [4.69, 9.17) is 0 Å². The average Bonchev–Trinajstić information content (AvgIpc) is 2.30. The van der Waals surface area contributed by atoms with E-state index < -0.39 is 8.15 Å². The third kappa shape index (κ3) is 2.72. The zero-order valence-corrected chi connectivity index (χ0v) is 9.49. The van der Waals surface area contributed by atoms with Gasteiger partial charge in [0.15, 0.2) is 0 Å². The zero-order valence-electron chi connectivity index (χ0n) is 8.59. The Bertz CT molecular complexity index is 445. The highest BCUT2D eigenvalue weighted by Crippen LogP contribution is 2.28. The lowest BCUT2D eigenvalue weighted by Gasteiger charge is -2.13. The van der Waals surface area contributed by atoms with E-state index in [0.717, 1.165) is 16.2 Å². The van der Waals surface area contributed by atoms with E-state index in [2.05, 4.69) is 0 Å². The molecule has 0 aliphatic rings. The SMILES string of the molecule is B.Cc1ccccc1P(O)c1ccccc1. The summed E-state index contributed by atoms with van der Waals surface area (Å²) in [5, 5.41) is 2.04. The van der Waals surface area contributed by atoms with Crippen molar-refractivity contribution in [1.29, 1.82) is 0 Å². The summed E-state index contributed by atoms with van der Waals surface area (Å²) in [5.74, 6) is 0. The van der Waals surface area contributed by atoms with E-state index in [1.165, 1.54) is 0 Å². The molecule has 2 aromatic carbocycles. The van der Waals surface area contributed by atoms with Crippen LogP contribution >= 0.6 is 8.15 Å². The highest BCUT2D eigenvalue weighted by molar-refractivity contribution is 7.67. The minimum atomic E-state index is -1.19. The first-order valence-corrected chi connectivity index (χ1v) is 6.18. The van der Waals surface area contributed by atoms with Crippen molar-refractivity contribution in [2.45, 2.75) is 6.92 Å². The molecule has 82 valence electrons. The van der Waals surface area contributed by atoms with Crippen LogP contribution in [0, 0.1) is 6.92 Å². The maximum absolute atomic E-state index is 10.2. The maximum Gasteiger partial charge on any atom is 0.0879 e. The molecule has 1 atom stereocenters. The van der Waals surface area contributed by atoms with Gasteiger partial charge in [0, 0.05) is 10.6 Å². The fourth-order valence-electron chi connectivity index (χ4n) is 1.51. The minimum absolute atomic E-state index is 0. The van der Waals surface area contributed by atoms with Crippen LogP contribution < -0.4 is 10.6 Å². The smallest absolute Gasteiger partial charge is 0.0879 e. The van der Waals surface area contributed by atoms with E-state index in [1.54, 1.807) is 0 Å². The predicted octanol–water partition coefficient (Wildman–Crippen LogP) is 1.15. The molecule has 0 saturated carbocycles. The van der Waals surface area contributed by atoms with E-state index >= 15 is 0 Å². The molecule has 1 unspecified atom stereocenters. The molecule has 0 aromatic heterocycles. The Morgan fingerprint density at radius 2 is 1.44 bits per heavy atom. The van der Waals surface area contributed by atoms with Gasteiger partial charge in [0.25, 0.3) is 0 Å². The van der Waals surface area contributed by atoms with Crippen LogP contribution in [-0.4, -0.2) is 13.3 Å². The first kappa shape index (κ1) is 13.0. The molecule has 0 amide bonds. The highest BCUT2D eigenvalue weighted by atomic mass is 31.1. The molecule has 0 saturated heterocycles. The predicted molar refractivity (Wildman–Crippen MR) is 76.0 cm³/mol. The van der Waals surface area contributed by atoms with Gasteiger partial charge in [-0.15, -0.1) is 0 Å². The fourth-order valence-corrected chi connectivity index (χ4v) is 2.88. The summed E-state index contributed by atoms with van der Waals surface area (Å²) in [6.45, 7) is 2.03. The van der Waals surface area contributed by atoms with Crippen LogP contribution in [0.1, 0.15) is 5.56 Å². The van der Waals surface area contributed by atoms with Crippen LogP contribution in [0.4, 0.5) is 0 Å². The summed E-state index contributed by atoms with van der Waals surface area (Å²) < 4.78 is 0. The van der Waals surface area contributed by atoms with E-state index in [0.29, 0.717) is 0 Å². The molecule has 0 radical (unpaired) electrons. The molecule has 2 aromatic rings. The number of hydrogen-bond acceptors (Lipinski definition) is 1. The molecule has 16 heavy (non-hydrogen) atoms. The summed E-state index contributed by atoms with van der Waals surface area (Å²) >= 11 is 0. The van der Waals surface area contributed by atoms with Crippen LogP contribution in [0.5, 0.6) is 0 Å². The van der Waals surface area contributed by atoms with Gasteiger partial charge in [-0.2, -0.15) is 0 Å². The highest BCUT2D eigenvalue weighted by Gasteiger charge is 2.11. The third-order valence-corrected chi connectivity index (χ3v) is 4.09. The summed E-state index contributed by atoms with van der Waals surface area (Å²) in [5.41, 5.74) is 1.15. The molecule has 0 bridgehead atoms. The summed E-state index contributed by atoms with van der Waals surface area (Å²) in [7, 11) is -1.19. The molecule has 2 rings (SSSR count). The van der Waals surface area contributed by atoms with E-state index in [9.17, 15) is 4.89 Å². The quantitative estimate of drug-likeness (QED) is 0.606. The molecular formula is C13H16BOP. The Labute approximate surface area is 99.6 Å². The van der Waals surface area contributed by atoms with Gasteiger partial charge in [-0.05, 0) is 12.5 Å². The maximum atomic E-state index is 10.2. The lowest BCUT2D eigenvalue weighted by atomic mass is 10.2. The number of hydrogen-bond donors (Lipinski definition) is 1. The normalized spacial score (nSPS) is 11.6. The second-order valence-corrected chi connectivity index (χ2v) is 5.06. The molecular weight excluding hydrogens is 214 g/mol. The van der Waals surface area contributed by atoms with Gasteiger partial charge in [-0.1, -0.05) is 54.6 Å². The summed E-state index contributed by atoms with van der Waals surface area (Å²) in [6, 6.07) is 17.8. The van der Waals surface area contributed by atoms with Crippen molar-refractivity contribution >= 4 is 27.2 Å². The molecule has 0 heterocycles.